The minimum atomic E-state index is -1.34. The van der Waals surface area contributed by atoms with Crippen LogP contribution in [0.1, 0.15) is 76.5 Å². The number of ether oxygens (including phenoxy) is 5. The number of alkyl carbamates (subject to hydrolysis) is 1. The van der Waals surface area contributed by atoms with Gasteiger partial charge in [-0.25, -0.2) is 13.6 Å². The average molecular weight is 669 g/mol. The number of nitriles is 1. The summed E-state index contributed by atoms with van der Waals surface area (Å²) in [6, 6.07) is 15.0. The minimum absolute atomic E-state index is 0.00170. The topological polar surface area (TPSA) is 99.0 Å². The lowest BCUT2D eigenvalue weighted by Gasteiger charge is -2.33. The Morgan fingerprint density at radius 1 is 1.17 bits per heavy atom. The third kappa shape index (κ3) is 7.33. The van der Waals surface area contributed by atoms with Gasteiger partial charge in [0.25, 0.3) is 0 Å². The van der Waals surface area contributed by atoms with Crippen molar-refractivity contribution in [2.45, 2.75) is 83.3 Å². The third-order valence-electron chi connectivity index (χ3n) is 8.28. The molecule has 1 amide bonds. The minimum Gasteiger partial charge on any atom is -0.488 e. The Morgan fingerprint density at radius 3 is 2.57 bits per heavy atom. The van der Waals surface area contributed by atoms with Crippen molar-refractivity contribution in [1.82, 2.24) is 5.32 Å². The number of carbonyl (C=O) groups excluding carboxylic acids is 1. The van der Waals surface area contributed by atoms with Crippen LogP contribution in [0.15, 0.2) is 48.5 Å². The van der Waals surface area contributed by atoms with Crippen LogP contribution in [0, 0.1) is 23.0 Å². The quantitative estimate of drug-likeness (QED) is 0.245. The van der Waals surface area contributed by atoms with E-state index in [-0.39, 0.29) is 52.7 Å². The molecular weight excluding hydrogens is 630 g/mol. The standard InChI is InChI=1S/C36H39ClF2N2O6/c1-21(46-28-13-9-10-16-43-28)19-44-26-15-14-23(18-40)30(33(26)39)31-29-22(2)36(24-11-7-6-8-12-24,20-45-34(42)41-35(3,4)5)47-27(29)17-25(38)32(31)37/h6-8,11-12,14-15,17,21-22,28H,9-10,13,16,19-20H2,1-5H3,(H,41,42)/t21-,22?,28-,36?/m0/s1. The molecule has 1 fully saturated rings. The van der Waals surface area contributed by atoms with Gasteiger partial charge in [-0.3, -0.25) is 0 Å². The van der Waals surface area contributed by atoms with Crippen LogP contribution in [0.2, 0.25) is 5.02 Å². The number of fused-ring (bicyclic) bond motifs is 1. The predicted octanol–water partition coefficient (Wildman–Crippen LogP) is 8.38. The van der Waals surface area contributed by atoms with Crippen molar-refractivity contribution in [2.24, 2.45) is 0 Å². The largest absolute Gasteiger partial charge is 0.488 e. The Kier molecular flexibility index (Phi) is 10.3. The Bertz CT molecular complexity index is 1650. The van der Waals surface area contributed by atoms with Crippen LogP contribution >= 0.6 is 11.6 Å². The summed E-state index contributed by atoms with van der Waals surface area (Å²) in [5.74, 6) is -2.48. The second-order valence-corrected chi connectivity index (χ2v) is 13.3. The fourth-order valence-electron chi connectivity index (χ4n) is 6.01. The van der Waals surface area contributed by atoms with Gasteiger partial charge in [0.05, 0.1) is 22.8 Å². The van der Waals surface area contributed by atoms with Crippen molar-refractivity contribution < 1.29 is 37.3 Å². The van der Waals surface area contributed by atoms with Gasteiger partial charge in [0.1, 0.15) is 24.8 Å². The Labute approximate surface area is 278 Å². The lowest BCUT2D eigenvalue weighted by atomic mass is 9.78. The predicted molar refractivity (Wildman–Crippen MR) is 173 cm³/mol. The molecule has 1 N–H and O–H groups in total. The van der Waals surface area contributed by atoms with Crippen LogP contribution in [-0.4, -0.2) is 43.8 Å². The molecule has 0 bridgehead atoms. The van der Waals surface area contributed by atoms with E-state index < -0.39 is 40.9 Å². The van der Waals surface area contributed by atoms with Crippen LogP contribution in [-0.2, 0) is 19.8 Å². The Morgan fingerprint density at radius 2 is 1.91 bits per heavy atom. The van der Waals surface area contributed by atoms with E-state index in [1.807, 2.05) is 45.0 Å². The normalized spacial score (nSPS) is 21.3. The first kappa shape index (κ1) is 34.4. The highest BCUT2D eigenvalue weighted by atomic mass is 35.5. The van der Waals surface area contributed by atoms with Gasteiger partial charge in [-0.15, -0.1) is 0 Å². The van der Waals surface area contributed by atoms with E-state index in [1.54, 1.807) is 26.0 Å². The molecule has 2 unspecified atom stereocenters. The second-order valence-electron chi connectivity index (χ2n) is 13.0. The van der Waals surface area contributed by atoms with Crippen molar-refractivity contribution in [3.8, 4) is 28.7 Å². The van der Waals surface area contributed by atoms with Gasteiger partial charge in [-0.1, -0.05) is 48.9 Å². The van der Waals surface area contributed by atoms with Gasteiger partial charge in [-0.2, -0.15) is 5.26 Å². The van der Waals surface area contributed by atoms with E-state index >= 15 is 8.78 Å². The molecule has 0 saturated carbocycles. The van der Waals surface area contributed by atoms with Crippen molar-refractivity contribution in [3.05, 3.63) is 81.9 Å². The molecule has 0 spiro atoms. The fraction of sp³-hybridized carbons (Fsp3) is 0.444. The smallest absolute Gasteiger partial charge is 0.407 e. The molecule has 11 heteroatoms. The van der Waals surface area contributed by atoms with Crippen molar-refractivity contribution >= 4 is 17.7 Å². The number of amides is 1. The molecule has 0 aliphatic carbocycles. The van der Waals surface area contributed by atoms with Gasteiger partial charge >= 0.3 is 6.09 Å². The van der Waals surface area contributed by atoms with Crippen molar-refractivity contribution in [2.75, 3.05) is 19.8 Å². The molecule has 5 rings (SSSR count). The molecule has 47 heavy (non-hydrogen) atoms. The summed E-state index contributed by atoms with van der Waals surface area (Å²) >= 11 is 6.63. The van der Waals surface area contributed by atoms with Crippen molar-refractivity contribution in [3.63, 3.8) is 0 Å². The first-order chi connectivity index (χ1) is 22.3. The van der Waals surface area contributed by atoms with Gasteiger partial charge < -0.3 is 29.0 Å². The van der Waals surface area contributed by atoms with Crippen LogP contribution < -0.4 is 14.8 Å². The summed E-state index contributed by atoms with van der Waals surface area (Å²) in [7, 11) is 0. The van der Waals surface area contributed by atoms with Gasteiger partial charge in [0.2, 0.25) is 0 Å². The number of carbonyl (C=O) groups is 1. The molecule has 8 nitrogen and oxygen atoms in total. The maximum absolute atomic E-state index is 16.5. The van der Waals surface area contributed by atoms with Crippen LogP contribution in [0.4, 0.5) is 13.6 Å². The number of hydrogen-bond donors (Lipinski definition) is 1. The molecule has 3 aromatic carbocycles. The van der Waals surface area contributed by atoms with Gasteiger partial charge in [0.15, 0.2) is 23.5 Å². The zero-order valence-corrected chi connectivity index (χ0v) is 27.9. The molecule has 0 radical (unpaired) electrons. The molecule has 3 aromatic rings. The maximum Gasteiger partial charge on any atom is 0.407 e. The van der Waals surface area contributed by atoms with E-state index in [9.17, 15) is 10.1 Å². The number of nitrogens with zero attached hydrogens (tertiary/aromatic N) is 1. The first-order valence-electron chi connectivity index (χ1n) is 15.7. The fourth-order valence-corrected chi connectivity index (χ4v) is 6.26. The second kappa shape index (κ2) is 14.1. The van der Waals surface area contributed by atoms with Crippen molar-refractivity contribution in [1.29, 1.82) is 5.26 Å². The molecule has 250 valence electrons. The van der Waals surface area contributed by atoms with E-state index in [2.05, 4.69) is 5.32 Å². The highest BCUT2D eigenvalue weighted by Gasteiger charge is 2.51. The van der Waals surface area contributed by atoms with E-state index in [0.29, 0.717) is 17.7 Å². The van der Waals surface area contributed by atoms with E-state index in [4.69, 9.17) is 35.3 Å². The summed E-state index contributed by atoms with van der Waals surface area (Å²) in [6.07, 6.45) is 1.29. The number of rotatable bonds is 9. The molecule has 4 atom stereocenters. The summed E-state index contributed by atoms with van der Waals surface area (Å²) in [5.41, 5.74) is -1.23. The Balaban J connectivity index is 1.54. The molecule has 2 heterocycles. The maximum atomic E-state index is 16.5. The van der Waals surface area contributed by atoms with Gasteiger partial charge in [-0.05, 0) is 64.7 Å². The van der Waals surface area contributed by atoms with Crippen LogP contribution in [0.3, 0.4) is 0 Å². The molecule has 0 aromatic heterocycles. The summed E-state index contributed by atoms with van der Waals surface area (Å²) < 4.78 is 61.6. The van der Waals surface area contributed by atoms with Gasteiger partial charge in [0, 0.05) is 40.8 Å². The molecule has 2 aliphatic rings. The zero-order chi connectivity index (χ0) is 33.9. The average Bonchev–Trinajstić information content (AvgIpc) is 3.31. The van der Waals surface area contributed by atoms with Crippen LogP contribution in [0.5, 0.6) is 11.5 Å². The lowest BCUT2D eigenvalue weighted by Crippen LogP contribution is -2.45. The Hall–Kier alpha value is -3.91. The van der Waals surface area contributed by atoms with Crippen LogP contribution in [0.25, 0.3) is 11.1 Å². The SMILES string of the molecule is CC1c2c(cc(F)c(Cl)c2-c2c(C#N)ccc(OC[C@H](C)O[C@H]3CCCCO3)c2F)OC1(COC(=O)NC(C)(C)C)c1ccccc1. The molecular formula is C36H39ClF2N2O6. The highest BCUT2D eigenvalue weighted by molar-refractivity contribution is 6.34. The monoisotopic (exact) mass is 668 g/mol. The number of benzene rings is 3. The van der Waals surface area contributed by atoms with E-state index in [1.165, 1.54) is 12.1 Å². The first-order valence-corrected chi connectivity index (χ1v) is 16.1. The molecule has 1 saturated heterocycles. The summed E-state index contributed by atoms with van der Waals surface area (Å²) in [4.78, 5) is 12.8. The highest BCUT2D eigenvalue weighted by Crippen LogP contribution is 2.56. The third-order valence-corrected chi connectivity index (χ3v) is 8.65. The summed E-state index contributed by atoms with van der Waals surface area (Å²) in [5, 5.41) is 12.4. The molecule has 2 aliphatic heterocycles. The van der Waals surface area contributed by atoms with E-state index in [0.717, 1.165) is 25.3 Å². The summed E-state index contributed by atoms with van der Waals surface area (Å²) in [6.45, 7) is 9.42. The lowest BCUT2D eigenvalue weighted by molar-refractivity contribution is -0.189. The zero-order valence-electron chi connectivity index (χ0n) is 27.1. The number of nitrogens with one attached hydrogen (secondary N) is 1. The number of halogens is 3. The number of hydrogen-bond acceptors (Lipinski definition) is 7.